The van der Waals surface area contributed by atoms with Gasteiger partial charge in [0.05, 0.1) is 30.6 Å². The average Bonchev–Trinajstić information content (AvgIpc) is 1.64. The number of piperidine rings is 1. The van der Waals surface area contributed by atoms with Crippen LogP contribution in [0.5, 0.6) is 0 Å². The molecule has 0 saturated carbocycles. The van der Waals surface area contributed by atoms with E-state index in [2.05, 4.69) is 49.8 Å². The van der Waals surface area contributed by atoms with Crippen molar-refractivity contribution in [1.29, 1.82) is 0 Å². The third kappa shape index (κ3) is 27.0. The summed E-state index contributed by atoms with van der Waals surface area (Å²) in [6, 6.07) is 86.2. The van der Waals surface area contributed by atoms with Crippen LogP contribution in [0.4, 0.5) is 26.3 Å². The van der Waals surface area contributed by atoms with Gasteiger partial charge in [-0.3, -0.25) is 53.9 Å². The van der Waals surface area contributed by atoms with Crippen LogP contribution in [0.25, 0.3) is 129 Å². The van der Waals surface area contributed by atoms with Gasteiger partial charge < -0.3 is 9.32 Å². The van der Waals surface area contributed by atoms with Crippen molar-refractivity contribution in [2.75, 3.05) is 13.1 Å². The van der Waals surface area contributed by atoms with Crippen LogP contribution in [0.2, 0.25) is 0 Å². The first kappa shape index (κ1) is 103. The summed E-state index contributed by atoms with van der Waals surface area (Å²) >= 11 is 9.00. The molecule has 1 amide bonds. The molecule has 0 atom stereocenters. The molecule has 0 aliphatic carbocycles. The summed E-state index contributed by atoms with van der Waals surface area (Å²) in [5, 5.41) is 0. The number of ketones is 4. The summed E-state index contributed by atoms with van der Waals surface area (Å²) in [4.78, 5) is 99.6. The first-order valence-corrected chi connectivity index (χ1v) is 52.0. The molecule has 13 aromatic heterocycles. The Hall–Kier alpha value is -15.4. The van der Waals surface area contributed by atoms with Crippen LogP contribution in [0, 0.1) is 34.9 Å². The number of carbonyl (C=O) groups excluding carboxylic acids is 5. The number of amides is 1. The number of benzene rings is 7. The molecule has 0 spiro atoms. The molecule has 13 nitrogen and oxygen atoms in total. The van der Waals surface area contributed by atoms with Crippen molar-refractivity contribution in [3.8, 4) is 129 Å². The Bertz CT molecular complexity index is 7650. The number of furan rings is 1. The summed E-state index contributed by atoms with van der Waals surface area (Å²) in [7, 11) is 0. The number of nitrogens with zero attached hydrogens (tertiary/aromatic N) is 7. The van der Waals surface area contributed by atoms with Crippen LogP contribution in [0.1, 0.15) is 143 Å². The molecule has 1 aliphatic rings. The Morgan fingerprint density at radius 2 is 0.593 bits per heavy atom. The summed E-state index contributed by atoms with van der Waals surface area (Å²) < 4.78 is 84.7. The van der Waals surface area contributed by atoms with E-state index in [1.807, 2.05) is 174 Å². The molecule has 7 aromatic carbocycles. The Labute approximate surface area is 860 Å². The second kappa shape index (κ2) is 50.5. The van der Waals surface area contributed by atoms with Crippen molar-refractivity contribution in [2.24, 2.45) is 0 Å². The Balaban J connectivity index is 0.000000125. The van der Waals surface area contributed by atoms with Crippen molar-refractivity contribution < 1.29 is 54.7 Å². The van der Waals surface area contributed by atoms with Crippen molar-refractivity contribution >= 4 is 97.1 Å². The molecular weight excluding hydrogens is 1940 g/mol. The number of Topliss-reactive ketones (excluding diaryl/α,β-unsaturated/α-hetero) is 2. The second-order valence-corrected chi connectivity index (χ2v) is 40.0. The highest BCUT2D eigenvalue weighted by Gasteiger charge is 2.27. The van der Waals surface area contributed by atoms with Gasteiger partial charge in [-0.15, -0.1) is 68.0 Å². The summed E-state index contributed by atoms with van der Waals surface area (Å²) in [5.41, 5.74) is 18.3. The number of aryl methyl sites for hydroxylation is 1. The van der Waals surface area contributed by atoms with Crippen LogP contribution >= 0.6 is 68.0 Å². The lowest BCUT2D eigenvalue weighted by Crippen LogP contribution is -2.35. The standard InChI is InChI=1S/C22H14FNOS.C21H19FN2OS.C20H12FNO2S.C20H18FNOS.C20H20FNS.C17H12FNOS/c23-18-8-6-17(7-9-18)22-19(15-10-12-24-13-11-15)14-20(26-22)21(25)16-4-2-1-3-5-16;22-17-6-4-16(5-7-17)20-18(15-8-10-23-11-9-15)14-19(26-20)21(25)24-12-2-1-3-13-24;21-15-5-3-14(4-6-15)20-16(13-7-9-22-10-8-13)12-18(25-20)19(23)17-2-1-11-24-17;1-2-3-4-18(23)19-13-17(14-9-11-22-12-10-14)20(24-19)15-5-7-16(21)8-6-15;1-2-3-4-5-18-14-19(15-10-12-22-13-11-15)20(23-18)16-6-8-17(21)9-7-16;1-11(20)16-10-15(12-6-8-19-9-7-12)17(21-16)13-2-4-14(18)5-3-13/h1-14H;4-11,14H,1-3,12-13H2;1-12H;5-13H,2-4H2,1H3;6-14H,2-5H2,1H3;2-10H,1H3. The fourth-order valence-corrected chi connectivity index (χ4v) is 22.9. The van der Waals surface area contributed by atoms with Crippen molar-refractivity contribution in [3.05, 3.63) is 453 Å². The maximum absolute atomic E-state index is 13.3. The summed E-state index contributed by atoms with van der Waals surface area (Å²) in [6.45, 7) is 7.51. The van der Waals surface area contributed by atoms with E-state index in [-0.39, 0.29) is 63.9 Å². The summed E-state index contributed by atoms with van der Waals surface area (Å²) in [5.74, 6) is -1.15. The number of rotatable bonds is 26. The number of pyridine rings is 6. The minimum Gasteiger partial charge on any atom is -0.461 e. The average molecular weight is 2040 g/mol. The molecule has 724 valence electrons. The lowest BCUT2D eigenvalue weighted by atomic mass is 10.0. The topological polar surface area (TPSA) is 179 Å². The lowest BCUT2D eigenvalue weighted by Gasteiger charge is -2.26. The number of hydrogen-bond acceptors (Lipinski definition) is 18. The number of likely N-dealkylation sites (tertiary alicyclic amines) is 1. The Kier molecular flexibility index (Phi) is 35.7. The van der Waals surface area contributed by atoms with Gasteiger partial charge in [-0.1, -0.05) is 136 Å². The predicted molar refractivity (Wildman–Crippen MR) is 577 cm³/mol. The maximum atomic E-state index is 13.3. The van der Waals surface area contributed by atoms with Crippen molar-refractivity contribution in [2.45, 2.75) is 85.0 Å². The third-order valence-electron chi connectivity index (χ3n) is 23.5. The van der Waals surface area contributed by atoms with E-state index in [9.17, 15) is 50.3 Å². The molecule has 1 aliphatic heterocycles. The maximum Gasteiger partial charge on any atom is 0.263 e. The molecule has 21 rings (SSSR count). The van der Waals surface area contributed by atoms with Gasteiger partial charge >= 0.3 is 0 Å². The predicted octanol–water partition coefficient (Wildman–Crippen LogP) is 33.7. The molecule has 14 heterocycles. The van der Waals surface area contributed by atoms with Gasteiger partial charge in [0.1, 0.15) is 34.9 Å². The normalized spacial score (nSPS) is 11.4. The fourth-order valence-electron chi connectivity index (χ4n) is 16.1. The van der Waals surface area contributed by atoms with E-state index in [1.54, 1.807) is 142 Å². The molecule has 25 heteroatoms. The number of hydrogen-bond donors (Lipinski definition) is 0. The van der Waals surface area contributed by atoms with Gasteiger partial charge in [0, 0.05) is 167 Å². The van der Waals surface area contributed by atoms with Gasteiger partial charge in [0.25, 0.3) is 5.91 Å². The minimum absolute atomic E-state index is 0.0146. The van der Waals surface area contributed by atoms with Gasteiger partial charge in [-0.05, 0) is 306 Å². The van der Waals surface area contributed by atoms with E-state index >= 15 is 0 Å². The quantitative estimate of drug-likeness (QED) is 0.0285. The fraction of sp³-hybridized carbons (Fsp3) is 0.125. The Morgan fingerprint density at radius 3 is 0.924 bits per heavy atom. The molecular formula is C120H95F6N7O6S6. The molecule has 1 fully saturated rings. The highest BCUT2D eigenvalue weighted by molar-refractivity contribution is 7.20. The number of aromatic nitrogens is 6. The highest BCUT2D eigenvalue weighted by atomic mass is 32.1. The van der Waals surface area contributed by atoms with Crippen molar-refractivity contribution in [3.63, 3.8) is 0 Å². The zero-order valence-electron chi connectivity index (χ0n) is 79.1. The van der Waals surface area contributed by atoms with E-state index < -0.39 is 0 Å². The van der Waals surface area contributed by atoms with Crippen LogP contribution < -0.4 is 0 Å². The molecule has 0 bridgehead atoms. The highest BCUT2D eigenvalue weighted by Crippen LogP contribution is 2.47. The van der Waals surface area contributed by atoms with Gasteiger partial charge in [0.15, 0.2) is 17.3 Å². The van der Waals surface area contributed by atoms with E-state index in [1.165, 1.54) is 177 Å². The molecule has 145 heavy (non-hydrogen) atoms. The van der Waals surface area contributed by atoms with E-state index in [0.717, 1.165) is 174 Å². The van der Waals surface area contributed by atoms with Gasteiger partial charge in [0.2, 0.25) is 11.6 Å². The van der Waals surface area contributed by atoms with Crippen LogP contribution in [-0.4, -0.2) is 76.9 Å². The second-order valence-electron chi connectivity index (χ2n) is 33.6. The summed E-state index contributed by atoms with van der Waals surface area (Å²) in [6.07, 6.45) is 33.0. The number of thiophene rings is 6. The van der Waals surface area contributed by atoms with Crippen LogP contribution in [0.3, 0.4) is 0 Å². The zero-order chi connectivity index (χ0) is 101. The minimum atomic E-state index is -0.294. The van der Waals surface area contributed by atoms with Crippen molar-refractivity contribution in [1.82, 2.24) is 34.8 Å². The number of halogens is 6. The van der Waals surface area contributed by atoms with Crippen LogP contribution in [0.15, 0.2) is 382 Å². The first-order chi connectivity index (χ1) is 70.8. The first-order valence-electron chi connectivity index (χ1n) is 47.1. The SMILES string of the molecule is CC(=O)c1cc(-c2ccncc2)c(-c2ccc(F)cc2)s1.CCCCC(=O)c1cc(-c2ccncc2)c(-c2ccc(F)cc2)s1.CCCCCc1cc(-c2ccncc2)c(-c2ccc(F)cc2)s1.O=C(c1cc(-c2ccncc2)c(-c2ccc(F)cc2)s1)N1CCCCC1.O=C(c1ccccc1)c1cc(-c2ccncc2)c(-c2ccc(F)cc2)s1.O=C(c1ccco1)c1cc(-c2ccncc2)c(-c2ccc(F)cc2)s1. The van der Waals surface area contributed by atoms with E-state index in [0.29, 0.717) is 32.4 Å². The van der Waals surface area contributed by atoms with Crippen LogP contribution in [-0.2, 0) is 6.42 Å². The van der Waals surface area contributed by atoms with Gasteiger partial charge in [-0.2, -0.15) is 0 Å². The van der Waals surface area contributed by atoms with E-state index in [4.69, 9.17) is 4.42 Å². The van der Waals surface area contributed by atoms with Gasteiger partial charge in [-0.25, -0.2) is 26.3 Å². The largest absolute Gasteiger partial charge is 0.461 e. The third-order valence-corrected chi connectivity index (χ3v) is 30.8. The monoisotopic (exact) mass is 2040 g/mol. The smallest absolute Gasteiger partial charge is 0.263 e. The number of unbranched alkanes of at least 4 members (excludes halogenated alkanes) is 3. The zero-order valence-corrected chi connectivity index (χ0v) is 84.0. The molecule has 0 radical (unpaired) electrons. The molecule has 1 saturated heterocycles. The molecule has 0 N–H and O–H groups in total. The molecule has 20 aromatic rings. The molecule has 0 unspecified atom stereocenters. The number of carbonyl (C=O) groups is 5. The lowest BCUT2D eigenvalue weighted by molar-refractivity contribution is 0.0728. The Morgan fingerprint density at radius 1 is 0.297 bits per heavy atom.